The molecular weight excluding hydrogens is 386 g/mol. The largest absolute Gasteiger partial charge is 0.299 e. The third-order valence-corrected chi connectivity index (χ3v) is 6.33. The van der Waals surface area contributed by atoms with Crippen molar-refractivity contribution in [2.75, 3.05) is 0 Å². The number of hydrogen-bond donors (Lipinski definition) is 0. The molecule has 0 unspecified atom stereocenters. The van der Waals surface area contributed by atoms with Gasteiger partial charge in [-0.3, -0.25) is 4.79 Å². The molecule has 0 aliphatic heterocycles. The lowest BCUT2D eigenvalue weighted by molar-refractivity contribution is -0.117. The van der Waals surface area contributed by atoms with Crippen LogP contribution in [0, 0.1) is 13.8 Å². The molecule has 4 nitrogen and oxygen atoms in total. The van der Waals surface area contributed by atoms with E-state index in [0.717, 1.165) is 32.3 Å². The summed E-state index contributed by atoms with van der Waals surface area (Å²) in [5, 5.41) is 6.98. The van der Waals surface area contributed by atoms with Gasteiger partial charge >= 0.3 is 0 Å². The van der Waals surface area contributed by atoms with Gasteiger partial charge in [-0.1, -0.05) is 40.9 Å². The quantitative estimate of drug-likeness (QED) is 0.437. The van der Waals surface area contributed by atoms with Gasteiger partial charge in [0.05, 0.1) is 10.6 Å². The minimum atomic E-state index is 0.184. The Balaban J connectivity index is 1.51. The highest BCUT2D eigenvalue weighted by molar-refractivity contribution is 7.13. The highest BCUT2D eigenvalue weighted by Gasteiger charge is 2.11. The first-order chi connectivity index (χ1) is 13.6. The molecule has 4 rings (SSSR count). The molecule has 0 amide bonds. The molecule has 2 aromatic carbocycles. The fraction of sp³-hybridized carbons (Fsp3) is 0.182. The summed E-state index contributed by atoms with van der Waals surface area (Å²) in [4.78, 5) is 17.7. The lowest BCUT2D eigenvalue weighted by Crippen LogP contribution is -2.06. The maximum Gasteiger partial charge on any atom is 0.142 e. The zero-order valence-corrected chi connectivity index (χ0v) is 17.3. The minimum absolute atomic E-state index is 0.184. The summed E-state index contributed by atoms with van der Waals surface area (Å²) in [6, 6.07) is 14.7. The molecule has 6 heteroatoms. The molecule has 0 saturated heterocycles. The first-order valence-electron chi connectivity index (χ1n) is 8.99. The Morgan fingerprint density at radius 3 is 2.46 bits per heavy atom. The van der Waals surface area contributed by atoms with Crippen LogP contribution >= 0.6 is 22.9 Å². The maximum absolute atomic E-state index is 12.4. The predicted octanol–water partition coefficient (Wildman–Crippen LogP) is 5.30. The van der Waals surface area contributed by atoms with Gasteiger partial charge in [-0.2, -0.15) is 0 Å². The van der Waals surface area contributed by atoms with Crippen LogP contribution in [0.3, 0.4) is 0 Å². The van der Waals surface area contributed by atoms with E-state index in [2.05, 4.69) is 51.8 Å². The van der Waals surface area contributed by atoms with Gasteiger partial charge in [-0.15, -0.1) is 16.4 Å². The van der Waals surface area contributed by atoms with Crippen LogP contribution in [0.1, 0.15) is 21.7 Å². The molecule has 0 spiro atoms. The van der Waals surface area contributed by atoms with Crippen molar-refractivity contribution in [3.63, 3.8) is 0 Å². The molecular formula is C22H19N3OS2. The van der Waals surface area contributed by atoms with Crippen molar-refractivity contribution in [2.45, 2.75) is 26.7 Å². The van der Waals surface area contributed by atoms with Crippen LogP contribution in [0.2, 0.25) is 0 Å². The second-order valence-corrected chi connectivity index (χ2v) is 8.47. The summed E-state index contributed by atoms with van der Waals surface area (Å²) in [6.07, 6.45) is 2.66. The summed E-state index contributed by atoms with van der Waals surface area (Å²) >= 11 is 2.94. The van der Waals surface area contributed by atoms with Crippen molar-refractivity contribution in [3.8, 4) is 21.7 Å². The molecule has 0 fully saturated rings. The number of carbonyl (C=O) groups is 1. The smallest absolute Gasteiger partial charge is 0.142 e. The third kappa shape index (κ3) is 4.08. The van der Waals surface area contributed by atoms with Crippen molar-refractivity contribution in [3.05, 3.63) is 75.7 Å². The molecule has 0 saturated carbocycles. The van der Waals surface area contributed by atoms with E-state index in [4.69, 9.17) is 0 Å². The van der Waals surface area contributed by atoms with Gasteiger partial charge in [0.2, 0.25) is 0 Å². The standard InChI is InChI=1S/C22H19N3OS2/c1-14-3-6-18(22-23-9-10-27-22)12-20(14)17-7-4-16(5-8-17)11-19(26)13-21-15(2)24-25-28-21/h3-10,12H,11,13H2,1-2H3. The Kier molecular flexibility index (Phi) is 5.41. The molecule has 0 aliphatic rings. The number of aromatic nitrogens is 3. The number of ketones is 1. The summed E-state index contributed by atoms with van der Waals surface area (Å²) < 4.78 is 3.90. The van der Waals surface area contributed by atoms with E-state index in [9.17, 15) is 4.79 Å². The van der Waals surface area contributed by atoms with Crippen LogP contribution in [0.4, 0.5) is 0 Å². The fourth-order valence-electron chi connectivity index (χ4n) is 3.12. The van der Waals surface area contributed by atoms with Crippen molar-refractivity contribution in [1.82, 2.24) is 14.6 Å². The molecule has 0 N–H and O–H groups in total. The number of Topliss-reactive ketones (excluding diaryl/α,β-unsaturated/α-hetero) is 1. The van der Waals surface area contributed by atoms with Gasteiger partial charge in [0.15, 0.2) is 0 Å². The zero-order chi connectivity index (χ0) is 19.5. The first kappa shape index (κ1) is 18.7. The Labute approximate surface area is 172 Å². The SMILES string of the molecule is Cc1ccc(-c2nccs2)cc1-c1ccc(CC(=O)Cc2snnc2C)cc1. The highest BCUT2D eigenvalue weighted by atomic mass is 32.1. The molecule has 4 aromatic rings. The number of rotatable bonds is 6. The Hall–Kier alpha value is -2.70. The van der Waals surface area contributed by atoms with E-state index in [0.29, 0.717) is 12.8 Å². The second-order valence-electron chi connectivity index (χ2n) is 6.74. The Morgan fingerprint density at radius 2 is 1.79 bits per heavy atom. The van der Waals surface area contributed by atoms with Crippen molar-refractivity contribution >= 4 is 28.7 Å². The van der Waals surface area contributed by atoms with Gasteiger partial charge in [0, 0.05) is 30.0 Å². The number of benzene rings is 2. The lowest BCUT2D eigenvalue weighted by Gasteiger charge is -2.09. The van der Waals surface area contributed by atoms with E-state index >= 15 is 0 Å². The molecule has 0 bridgehead atoms. The number of aryl methyl sites for hydroxylation is 2. The fourth-order valence-corrected chi connectivity index (χ4v) is 4.41. The Morgan fingerprint density at radius 1 is 1.00 bits per heavy atom. The molecule has 140 valence electrons. The average molecular weight is 406 g/mol. The van der Waals surface area contributed by atoms with Crippen molar-refractivity contribution < 1.29 is 4.79 Å². The maximum atomic E-state index is 12.4. The van der Waals surface area contributed by atoms with Gasteiger partial charge in [0.25, 0.3) is 0 Å². The van der Waals surface area contributed by atoms with Crippen LogP contribution < -0.4 is 0 Å². The predicted molar refractivity (Wildman–Crippen MR) is 115 cm³/mol. The molecule has 0 aliphatic carbocycles. The average Bonchev–Trinajstić information content (AvgIpc) is 3.36. The second kappa shape index (κ2) is 8.12. The molecule has 2 heterocycles. The van der Waals surface area contributed by atoms with E-state index < -0.39 is 0 Å². The number of carbonyl (C=O) groups excluding carboxylic acids is 1. The van der Waals surface area contributed by atoms with Crippen molar-refractivity contribution in [1.29, 1.82) is 0 Å². The Bertz CT molecular complexity index is 1100. The first-order valence-corrected chi connectivity index (χ1v) is 10.6. The molecule has 28 heavy (non-hydrogen) atoms. The van der Waals surface area contributed by atoms with Crippen LogP contribution in [-0.2, 0) is 17.6 Å². The normalized spacial score (nSPS) is 10.9. The van der Waals surface area contributed by atoms with Crippen LogP contribution in [0.15, 0.2) is 54.0 Å². The number of hydrogen-bond acceptors (Lipinski definition) is 6. The number of thiazole rings is 1. The third-order valence-electron chi connectivity index (χ3n) is 4.69. The van der Waals surface area contributed by atoms with Crippen molar-refractivity contribution in [2.24, 2.45) is 0 Å². The van der Waals surface area contributed by atoms with Gasteiger partial charge < -0.3 is 0 Å². The van der Waals surface area contributed by atoms with Gasteiger partial charge in [-0.25, -0.2) is 4.98 Å². The minimum Gasteiger partial charge on any atom is -0.299 e. The van der Waals surface area contributed by atoms with E-state index in [1.165, 1.54) is 22.7 Å². The summed E-state index contributed by atoms with van der Waals surface area (Å²) in [5.74, 6) is 0.184. The zero-order valence-electron chi connectivity index (χ0n) is 15.7. The monoisotopic (exact) mass is 405 g/mol. The van der Waals surface area contributed by atoms with Crippen LogP contribution in [-0.4, -0.2) is 20.4 Å². The topological polar surface area (TPSA) is 55.7 Å². The van der Waals surface area contributed by atoms with E-state index in [1.54, 1.807) is 11.3 Å². The summed E-state index contributed by atoms with van der Waals surface area (Å²) in [7, 11) is 0. The molecule has 0 atom stereocenters. The highest BCUT2D eigenvalue weighted by Crippen LogP contribution is 2.30. The van der Waals surface area contributed by atoms with E-state index in [-0.39, 0.29) is 5.78 Å². The van der Waals surface area contributed by atoms with Gasteiger partial charge in [-0.05, 0) is 53.7 Å². The van der Waals surface area contributed by atoms with Crippen LogP contribution in [0.25, 0.3) is 21.7 Å². The molecule has 2 aromatic heterocycles. The van der Waals surface area contributed by atoms with Gasteiger partial charge in [0.1, 0.15) is 10.8 Å². The molecule has 0 radical (unpaired) electrons. The summed E-state index contributed by atoms with van der Waals surface area (Å²) in [5.41, 5.74) is 6.56. The summed E-state index contributed by atoms with van der Waals surface area (Å²) in [6.45, 7) is 4.01. The van der Waals surface area contributed by atoms with Crippen LogP contribution in [0.5, 0.6) is 0 Å². The number of nitrogens with zero attached hydrogens (tertiary/aromatic N) is 3. The lowest BCUT2D eigenvalue weighted by atomic mass is 9.96. The van der Waals surface area contributed by atoms with E-state index in [1.807, 2.05) is 30.6 Å².